The van der Waals surface area contributed by atoms with E-state index in [1.165, 1.54) is 0 Å². The number of carbonyl (C=O) groups is 1. The number of rotatable bonds is 5. The summed E-state index contributed by atoms with van der Waals surface area (Å²) in [5.74, 6) is -0.944. The van der Waals surface area contributed by atoms with Crippen LogP contribution in [0.2, 0.25) is 0 Å². The van der Waals surface area contributed by atoms with Crippen molar-refractivity contribution in [1.29, 1.82) is 0 Å². The van der Waals surface area contributed by atoms with Gasteiger partial charge in [0.15, 0.2) is 6.61 Å². The highest BCUT2D eigenvalue weighted by Crippen LogP contribution is 2.09. The van der Waals surface area contributed by atoms with Gasteiger partial charge in [-0.2, -0.15) is 5.48 Å². The van der Waals surface area contributed by atoms with Crippen LogP contribution in [0.3, 0.4) is 0 Å². The van der Waals surface area contributed by atoms with Crippen molar-refractivity contribution < 1.29 is 14.7 Å². The molecule has 0 amide bonds. The molecule has 1 atom stereocenters. The van der Waals surface area contributed by atoms with Gasteiger partial charge in [-0.1, -0.05) is 6.92 Å². The van der Waals surface area contributed by atoms with Gasteiger partial charge in [0.25, 0.3) is 0 Å². The fourth-order valence-electron chi connectivity index (χ4n) is 1.66. The van der Waals surface area contributed by atoms with Gasteiger partial charge in [-0.05, 0) is 25.9 Å². The molecule has 1 fully saturated rings. The fraction of sp³-hybridized carbons (Fsp3) is 0.889. The van der Waals surface area contributed by atoms with Crippen molar-refractivity contribution in [2.24, 2.45) is 0 Å². The lowest BCUT2D eigenvalue weighted by Gasteiger charge is -2.31. The molecule has 1 aliphatic rings. The predicted molar refractivity (Wildman–Crippen MR) is 51.9 cm³/mol. The highest BCUT2D eigenvalue weighted by molar-refractivity contribution is 5.67. The zero-order chi connectivity index (χ0) is 10.4. The summed E-state index contributed by atoms with van der Waals surface area (Å²) in [6, 6.07) is 0.267. The molecule has 0 aromatic rings. The van der Waals surface area contributed by atoms with E-state index in [0.717, 1.165) is 32.5 Å². The van der Waals surface area contributed by atoms with Gasteiger partial charge in [0, 0.05) is 12.6 Å². The van der Waals surface area contributed by atoms with Gasteiger partial charge in [-0.15, -0.1) is 0 Å². The van der Waals surface area contributed by atoms with E-state index >= 15 is 0 Å². The SMILES string of the molecule is CCN1CCCC(NOCC(=O)O)C1. The van der Waals surface area contributed by atoms with Crippen LogP contribution in [0.1, 0.15) is 19.8 Å². The van der Waals surface area contributed by atoms with E-state index < -0.39 is 5.97 Å². The number of likely N-dealkylation sites (tertiary alicyclic amines) is 1. The Balaban J connectivity index is 2.14. The molecule has 0 saturated carbocycles. The first kappa shape index (κ1) is 11.4. The summed E-state index contributed by atoms with van der Waals surface area (Å²) in [7, 11) is 0. The predicted octanol–water partition coefficient (Wildman–Crippen LogP) is 0.0765. The zero-order valence-corrected chi connectivity index (χ0v) is 8.53. The van der Waals surface area contributed by atoms with Crippen LogP contribution in [0.25, 0.3) is 0 Å². The van der Waals surface area contributed by atoms with Crippen LogP contribution in [-0.4, -0.2) is 48.3 Å². The fourth-order valence-corrected chi connectivity index (χ4v) is 1.66. The molecule has 0 aliphatic carbocycles. The van der Waals surface area contributed by atoms with Gasteiger partial charge in [0.05, 0.1) is 0 Å². The lowest BCUT2D eigenvalue weighted by atomic mass is 10.1. The second-order valence-corrected chi connectivity index (χ2v) is 3.53. The molecule has 5 nitrogen and oxygen atoms in total. The van der Waals surface area contributed by atoms with Crippen LogP contribution in [0.5, 0.6) is 0 Å². The Labute approximate surface area is 84.0 Å². The van der Waals surface area contributed by atoms with Crippen molar-refractivity contribution in [3.63, 3.8) is 0 Å². The van der Waals surface area contributed by atoms with E-state index in [4.69, 9.17) is 9.94 Å². The minimum Gasteiger partial charge on any atom is -0.479 e. The summed E-state index contributed by atoms with van der Waals surface area (Å²) < 4.78 is 0. The van der Waals surface area contributed by atoms with Gasteiger partial charge < -0.3 is 10.0 Å². The average molecular weight is 202 g/mol. The van der Waals surface area contributed by atoms with Crippen LogP contribution >= 0.6 is 0 Å². The Kier molecular flexibility index (Phi) is 4.86. The number of nitrogens with one attached hydrogen (secondary N) is 1. The van der Waals surface area contributed by atoms with Gasteiger partial charge in [0.2, 0.25) is 0 Å². The van der Waals surface area contributed by atoms with E-state index in [1.807, 2.05) is 0 Å². The first-order chi connectivity index (χ1) is 6.72. The zero-order valence-electron chi connectivity index (χ0n) is 8.53. The van der Waals surface area contributed by atoms with Crippen molar-refractivity contribution in [2.75, 3.05) is 26.2 Å². The summed E-state index contributed by atoms with van der Waals surface area (Å²) in [6.45, 7) is 4.96. The van der Waals surface area contributed by atoms with Crippen LogP contribution < -0.4 is 5.48 Å². The molecule has 1 heterocycles. The Morgan fingerprint density at radius 1 is 1.71 bits per heavy atom. The third kappa shape index (κ3) is 4.04. The van der Waals surface area contributed by atoms with Crippen molar-refractivity contribution in [2.45, 2.75) is 25.8 Å². The molecule has 0 bridgehead atoms. The van der Waals surface area contributed by atoms with Crippen molar-refractivity contribution in [3.05, 3.63) is 0 Å². The van der Waals surface area contributed by atoms with E-state index in [9.17, 15) is 4.79 Å². The Hall–Kier alpha value is -0.650. The summed E-state index contributed by atoms with van der Waals surface area (Å²) >= 11 is 0. The molecule has 1 saturated heterocycles. The second-order valence-electron chi connectivity index (χ2n) is 3.53. The number of aliphatic carboxylic acids is 1. The summed E-state index contributed by atoms with van der Waals surface area (Å²) in [6.07, 6.45) is 2.19. The molecule has 1 aliphatic heterocycles. The lowest BCUT2D eigenvalue weighted by molar-refractivity contribution is -0.146. The third-order valence-corrected chi connectivity index (χ3v) is 2.40. The van der Waals surface area contributed by atoms with Crippen molar-refractivity contribution in [3.8, 4) is 0 Å². The van der Waals surface area contributed by atoms with Crippen LogP contribution in [0.4, 0.5) is 0 Å². The number of piperidine rings is 1. The normalized spacial score (nSPS) is 23.6. The highest BCUT2D eigenvalue weighted by Gasteiger charge is 2.18. The number of carboxylic acid groups (broad SMARTS) is 1. The van der Waals surface area contributed by atoms with Gasteiger partial charge in [-0.3, -0.25) is 4.84 Å². The van der Waals surface area contributed by atoms with E-state index in [1.54, 1.807) is 0 Å². The van der Waals surface area contributed by atoms with Gasteiger partial charge in [-0.25, -0.2) is 4.79 Å². The minimum absolute atomic E-state index is 0.267. The monoisotopic (exact) mass is 202 g/mol. The molecular weight excluding hydrogens is 184 g/mol. The minimum atomic E-state index is -0.944. The highest BCUT2D eigenvalue weighted by atomic mass is 16.7. The molecule has 0 radical (unpaired) electrons. The van der Waals surface area contributed by atoms with Crippen LogP contribution in [-0.2, 0) is 9.63 Å². The number of hydrogen-bond acceptors (Lipinski definition) is 4. The molecule has 14 heavy (non-hydrogen) atoms. The summed E-state index contributed by atoms with van der Waals surface area (Å²) in [5.41, 5.74) is 2.79. The van der Waals surface area contributed by atoms with Crippen molar-refractivity contribution >= 4 is 5.97 Å². The number of hydroxylamine groups is 1. The molecule has 2 N–H and O–H groups in total. The summed E-state index contributed by atoms with van der Waals surface area (Å²) in [4.78, 5) is 17.4. The van der Waals surface area contributed by atoms with E-state index in [2.05, 4.69) is 17.3 Å². The maximum Gasteiger partial charge on any atom is 0.331 e. The number of hydrogen-bond donors (Lipinski definition) is 2. The van der Waals surface area contributed by atoms with E-state index in [-0.39, 0.29) is 12.6 Å². The maximum atomic E-state index is 10.2. The average Bonchev–Trinajstić information content (AvgIpc) is 2.18. The molecule has 1 rings (SSSR count). The first-order valence-electron chi connectivity index (χ1n) is 5.04. The lowest BCUT2D eigenvalue weighted by Crippen LogP contribution is -2.45. The molecule has 0 aromatic heterocycles. The van der Waals surface area contributed by atoms with Crippen LogP contribution in [0, 0.1) is 0 Å². The number of carboxylic acids is 1. The molecule has 5 heteroatoms. The third-order valence-electron chi connectivity index (χ3n) is 2.40. The van der Waals surface area contributed by atoms with Gasteiger partial charge >= 0.3 is 5.97 Å². The molecule has 0 spiro atoms. The smallest absolute Gasteiger partial charge is 0.331 e. The topological polar surface area (TPSA) is 61.8 Å². The Bertz CT molecular complexity index is 187. The van der Waals surface area contributed by atoms with Crippen LogP contribution in [0.15, 0.2) is 0 Å². The maximum absolute atomic E-state index is 10.2. The number of nitrogens with zero attached hydrogens (tertiary/aromatic N) is 1. The van der Waals surface area contributed by atoms with Gasteiger partial charge in [0.1, 0.15) is 0 Å². The Morgan fingerprint density at radius 3 is 3.14 bits per heavy atom. The molecule has 1 unspecified atom stereocenters. The first-order valence-corrected chi connectivity index (χ1v) is 5.04. The van der Waals surface area contributed by atoms with Crippen molar-refractivity contribution in [1.82, 2.24) is 10.4 Å². The standard InChI is InChI=1S/C9H18N2O3/c1-2-11-5-3-4-8(6-11)10-14-7-9(12)13/h8,10H,2-7H2,1H3,(H,12,13). The molecular formula is C9H18N2O3. The molecule has 82 valence electrons. The Morgan fingerprint density at radius 2 is 2.50 bits per heavy atom. The largest absolute Gasteiger partial charge is 0.479 e. The molecule has 0 aromatic carbocycles. The van der Waals surface area contributed by atoms with E-state index in [0.29, 0.717) is 0 Å². The summed E-state index contributed by atoms with van der Waals surface area (Å²) in [5, 5.41) is 8.37. The second kappa shape index (κ2) is 5.95. The quantitative estimate of drug-likeness (QED) is 0.618. The number of likely N-dealkylation sites (N-methyl/N-ethyl adjacent to an activating group) is 1.